The predicted molar refractivity (Wildman–Crippen MR) is 67.0 cm³/mol. The normalized spacial score (nSPS) is 23.7. The van der Waals surface area contributed by atoms with Crippen molar-refractivity contribution < 1.29 is 9.53 Å². The summed E-state index contributed by atoms with van der Waals surface area (Å²) in [5.74, 6) is 0.412. The lowest BCUT2D eigenvalue weighted by atomic mass is 9.92. The number of hydrogen-bond donors (Lipinski definition) is 1. The summed E-state index contributed by atoms with van der Waals surface area (Å²) in [6.07, 6.45) is 2.88. The molecule has 0 radical (unpaired) electrons. The van der Waals surface area contributed by atoms with Gasteiger partial charge in [0.2, 0.25) is 5.91 Å². The summed E-state index contributed by atoms with van der Waals surface area (Å²) in [5, 5.41) is 7.98. The monoisotopic (exact) mass is 250 g/mol. The lowest BCUT2D eigenvalue weighted by molar-refractivity contribution is -0.126. The largest absolute Gasteiger partial charge is 0.373 e. The molecule has 1 fully saturated rings. The Morgan fingerprint density at radius 2 is 2.33 bits per heavy atom. The molecule has 1 aliphatic rings. The molecular weight excluding hydrogens is 232 g/mol. The number of hydrogen-bond acceptors (Lipinski definition) is 5. The number of primary amides is 1. The third-order valence-corrected chi connectivity index (χ3v) is 3.18. The van der Waals surface area contributed by atoms with Gasteiger partial charge in [-0.3, -0.25) is 4.79 Å². The van der Waals surface area contributed by atoms with Gasteiger partial charge in [0.05, 0.1) is 12.3 Å². The molecule has 1 aromatic rings. The molecule has 98 valence electrons. The first-order chi connectivity index (χ1) is 8.58. The predicted octanol–water partition coefficient (Wildman–Crippen LogP) is 0.496. The first kappa shape index (κ1) is 12.8. The highest BCUT2D eigenvalue weighted by molar-refractivity contribution is 5.76. The molecular formula is C12H18N4O2. The van der Waals surface area contributed by atoms with Crippen molar-refractivity contribution in [1.82, 2.24) is 10.2 Å². The van der Waals surface area contributed by atoms with Gasteiger partial charge in [0.1, 0.15) is 0 Å². The molecule has 2 atom stereocenters. The van der Waals surface area contributed by atoms with E-state index in [0.29, 0.717) is 19.4 Å². The Bertz CT molecular complexity index is 436. The summed E-state index contributed by atoms with van der Waals surface area (Å²) in [6, 6.07) is 1.93. The van der Waals surface area contributed by atoms with Crippen LogP contribution in [0.3, 0.4) is 0 Å². The van der Waals surface area contributed by atoms with E-state index in [1.54, 1.807) is 6.20 Å². The van der Waals surface area contributed by atoms with Gasteiger partial charge in [-0.15, -0.1) is 5.10 Å². The van der Waals surface area contributed by atoms with Crippen LogP contribution >= 0.6 is 0 Å². The van der Waals surface area contributed by atoms with Crippen LogP contribution in [-0.4, -0.2) is 36.8 Å². The second-order valence-electron chi connectivity index (χ2n) is 4.72. The Morgan fingerprint density at radius 3 is 3.00 bits per heavy atom. The number of aromatic nitrogens is 2. The highest BCUT2D eigenvalue weighted by atomic mass is 16.5. The molecule has 0 aliphatic carbocycles. The molecule has 0 bridgehead atoms. The van der Waals surface area contributed by atoms with E-state index in [2.05, 4.69) is 10.2 Å². The third-order valence-electron chi connectivity index (χ3n) is 3.18. The second-order valence-corrected chi connectivity index (χ2v) is 4.72. The highest BCUT2D eigenvalue weighted by Crippen LogP contribution is 2.31. The maximum atomic E-state index is 11.2. The molecule has 2 unspecified atom stereocenters. The van der Waals surface area contributed by atoms with Crippen molar-refractivity contribution in [3.8, 4) is 0 Å². The molecule has 6 heteroatoms. The van der Waals surface area contributed by atoms with Gasteiger partial charge in [-0.2, -0.15) is 5.10 Å². The number of nitrogens with zero attached hydrogens (tertiary/aromatic N) is 3. The van der Waals surface area contributed by atoms with E-state index < -0.39 is 0 Å². The highest BCUT2D eigenvalue weighted by Gasteiger charge is 2.27. The van der Waals surface area contributed by atoms with E-state index in [-0.39, 0.29) is 17.9 Å². The van der Waals surface area contributed by atoms with E-state index in [9.17, 15) is 4.79 Å². The molecule has 1 aromatic heterocycles. The van der Waals surface area contributed by atoms with Crippen molar-refractivity contribution in [2.45, 2.75) is 18.9 Å². The van der Waals surface area contributed by atoms with Gasteiger partial charge < -0.3 is 15.4 Å². The number of amides is 1. The Morgan fingerprint density at radius 1 is 1.56 bits per heavy atom. The number of carbonyl (C=O) groups is 1. The average Bonchev–Trinajstić information content (AvgIpc) is 2.39. The van der Waals surface area contributed by atoms with Crippen LogP contribution < -0.4 is 10.6 Å². The molecule has 2 N–H and O–H groups in total. The van der Waals surface area contributed by atoms with Gasteiger partial charge in [-0.05, 0) is 18.9 Å². The number of anilines is 1. The van der Waals surface area contributed by atoms with Crippen LogP contribution in [0.25, 0.3) is 0 Å². The minimum absolute atomic E-state index is 0.111. The van der Waals surface area contributed by atoms with Crippen molar-refractivity contribution in [3.05, 3.63) is 17.8 Å². The topological polar surface area (TPSA) is 81.3 Å². The van der Waals surface area contributed by atoms with Crippen LogP contribution in [0.4, 0.5) is 5.82 Å². The van der Waals surface area contributed by atoms with Crippen molar-refractivity contribution in [3.63, 3.8) is 0 Å². The van der Waals surface area contributed by atoms with Gasteiger partial charge in [0.25, 0.3) is 0 Å². The molecule has 0 saturated carbocycles. The van der Waals surface area contributed by atoms with Crippen molar-refractivity contribution in [1.29, 1.82) is 0 Å². The van der Waals surface area contributed by atoms with E-state index in [1.807, 2.05) is 25.1 Å². The molecule has 1 amide bonds. The van der Waals surface area contributed by atoms with Gasteiger partial charge in [0, 0.05) is 32.2 Å². The summed E-state index contributed by atoms with van der Waals surface area (Å²) < 4.78 is 5.69. The lowest BCUT2D eigenvalue weighted by Gasteiger charge is -2.28. The molecule has 18 heavy (non-hydrogen) atoms. The SMILES string of the molecule is CN(C)c1cc(C2CC(C(N)=O)CCO2)cnn1. The molecule has 0 aromatic carbocycles. The summed E-state index contributed by atoms with van der Waals surface area (Å²) in [6.45, 7) is 0.553. The fourth-order valence-corrected chi connectivity index (χ4v) is 2.05. The summed E-state index contributed by atoms with van der Waals surface area (Å²) in [4.78, 5) is 13.1. The molecule has 6 nitrogen and oxygen atoms in total. The van der Waals surface area contributed by atoms with E-state index >= 15 is 0 Å². The minimum atomic E-state index is -0.252. The van der Waals surface area contributed by atoms with Crippen LogP contribution in [0.1, 0.15) is 24.5 Å². The second kappa shape index (κ2) is 5.30. The average molecular weight is 250 g/mol. The Kier molecular flexibility index (Phi) is 3.76. The van der Waals surface area contributed by atoms with Crippen LogP contribution in [0, 0.1) is 5.92 Å². The van der Waals surface area contributed by atoms with E-state index in [4.69, 9.17) is 10.5 Å². The number of rotatable bonds is 3. The fraction of sp³-hybridized carbons (Fsp3) is 0.583. The zero-order valence-corrected chi connectivity index (χ0v) is 10.7. The zero-order chi connectivity index (χ0) is 13.1. The standard InChI is InChI=1S/C12H18N4O2/c1-16(2)11-6-9(7-14-15-11)10-5-8(12(13)17)3-4-18-10/h6-8,10H,3-5H2,1-2H3,(H2,13,17). The minimum Gasteiger partial charge on any atom is -0.373 e. The first-order valence-corrected chi connectivity index (χ1v) is 5.99. The van der Waals surface area contributed by atoms with Gasteiger partial charge in [-0.1, -0.05) is 0 Å². The zero-order valence-electron chi connectivity index (χ0n) is 10.7. The van der Waals surface area contributed by atoms with Gasteiger partial charge in [-0.25, -0.2) is 0 Å². The molecule has 1 saturated heterocycles. The van der Waals surface area contributed by atoms with Crippen LogP contribution in [0.15, 0.2) is 12.3 Å². The summed E-state index contributed by atoms with van der Waals surface area (Å²) >= 11 is 0. The van der Waals surface area contributed by atoms with Gasteiger partial charge >= 0.3 is 0 Å². The maximum absolute atomic E-state index is 11.2. The van der Waals surface area contributed by atoms with E-state index in [0.717, 1.165) is 11.4 Å². The molecule has 1 aliphatic heterocycles. The summed E-state index contributed by atoms with van der Waals surface area (Å²) in [5.41, 5.74) is 6.30. The van der Waals surface area contributed by atoms with Gasteiger partial charge in [0.15, 0.2) is 5.82 Å². The number of carbonyl (C=O) groups excluding carboxylic acids is 1. The van der Waals surface area contributed by atoms with E-state index in [1.165, 1.54) is 0 Å². The number of nitrogens with two attached hydrogens (primary N) is 1. The van der Waals surface area contributed by atoms with Crippen LogP contribution in [0.2, 0.25) is 0 Å². The Labute approximate surface area is 106 Å². The molecule has 2 rings (SSSR count). The third kappa shape index (κ3) is 2.76. The Balaban J connectivity index is 2.15. The maximum Gasteiger partial charge on any atom is 0.220 e. The van der Waals surface area contributed by atoms with Crippen molar-refractivity contribution in [2.75, 3.05) is 25.6 Å². The molecule has 2 heterocycles. The van der Waals surface area contributed by atoms with Crippen molar-refractivity contribution in [2.24, 2.45) is 11.7 Å². The molecule has 0 spiro atoms. The van der Waals surface area contributed by atoms with Crippen LogP contribution in [-0.2, 0) is 9.53 Å². The lowest BCUT2D eigenvalue weighted by Crippen LogP contribution is -2.30. The summed E-state index contributed by atoms with van der Waals surface area (Å²) in [7, 11) is 3.81. The smallest absolute Gasteiger partial charge is 0.220 e. The Hall–Kier alpha value is -1.69. The fourth-order valence-electron chi connectivity index (χ4n) is 2.05. The first-order valence-electron chi connectivity index (χ1n) is 5.99. The van der Waals surface area contributed by atoms with Crippen LogP contribution in [0.5, 0.6) is 0 Å². The quantitative estimate of drug-likeness (QED) is 0.844. The number of ether oxygens (including phenoxy) is 1. The van der Waals surface area contributed by atoms with Crippen molar-refractivity contribution >= 4 is 11.7 Å².